The van der Waals surface area contributed by atoms with Crippen LogP contribution in [0.3, 0.4) is 0 Å². The Labute approximate surface area is 180 Å². The molecule has 0 bridgehead atoms. The van der Waals surface area contributed by atoms with E-state index in [1.165, 1.54) is 64.2 Å². The van der Waals surface area contributed by atoms with Gasteiger partial charge in [-0.15, -0.1) is 0 Å². The van der Waals surface area contributed by atoms with E-state index < -0.39 is 16.6 Å². The first kappa shape index (κ1) is 28.1. The largest absolute Gasteiger partial charge is 0.411 e. The van der Waals surface area contributed by atoms with E-state index in [0.717, 1.165) is 12.8 Å². The summed E-state index contributed by atoms with van der Waals surface area (Å²) in [5.74, 6) is 0. The van der Waals surface area contributed by atoms with Crippen LogP contribution in [0.2, 0.25) is 39.3 Å². The fourth-order valence-electron chi connectivity index (χ4n) is 3.44. The van der Waals surface area contributed by atoms with Crippen LogP contribution in [-0.2, 0) is 8.85 Å². The highest BCUT2D eigenvalue weighted by molar-refractivity contribution is 6.70. The van der Waals surface area contributed by atoms with Crippen LogP contribution in [0.4, 0.5) is 0 Å². The van der Waals surface area contributed by atoms with E-state index in [0.29, 0.717) is 0 Å². The highest BCUT2D eigenvalue weighted by Gasteiger charge is 2.22. The molecule has 0 aliphatic carbocycles. The van der Waals surface area contributed by atoms with Gasteiger partial charge in [0, 0.05) is 0 Å². The van der Waals surface area contributed by atoms with Crippen molar-refractivity contribution in [1.82, 2.24) is 0 Å². The minimum absolute atomic E-state index is 0.264. The minimum atomic E-state index is -1.54. The van der Waals surface area contributed by atoms with Crippen LogP contribution in [0.5, 0.6) is 0 Å². The smallest absolute Gasteiger partial charge is 0.184 e. The van der Waals surface area contributed by atoms with Gasteiger partial charge in [-0.2, -0.15) is 0 Å². The van der Waals surface area contributed by atoms with Gasteiger partial charge >= 0.3 is 0 Å². The van der Waals surface area contributed by atoms with Gasteiger partial charge in [-0.1, -0.05) is 90.2 Å². The standard InChI is InChI=1S/C24H52O2Si2/c1-9-11-13-14-15-16-18-20-24(26-28(6,7)8)22-21-23(19-17-12-10-2)25-27(3,4)5/h21-24H,9-20H2,1-8H3/b22-21+/t23-,24-/m0/s1. The van der Waals surface area contributed by atoms with E-state index >= 15 is 0 Å². The van der Waals surface area contributed by atoms with Crippen LogP contribution in [0, 0.1) is 0 Å². The van der Waals surface area contributed by atoms with E-state index in [9.17, 15) is 0 Å². The summed E-state index contributed by atoms with van der Waals surface area (Å²) >= 11 is 0. The van der Waals surface area contributed by atoms with E-state index in [2.05, 4.69) is 65.3 Å². The highest BCUT2D eigenvalue weighted by atomic mass is 28.4. The van der Waals surface area contributed by atoms with Gasteiger partial charge in [0.25, 0.3) is 0 Å². The second kappa shape index (κ2) is 15.9. The zero-order valence-corrected chi connectivity index (χ0v) is 22.6. The van der Waals surface area contributed by atoms with E-state index in [4.69, 9.17) is 8.85 Å². The zero-order chi connectivity index (χ0) is 21.5. The summed E-state index contributed by atoms with van der Waals surface area (Å²) < 4.78 is 13.0. The average Bonchev–Trinajstić information content (AvgIpc) is 2.56. The zero-order valence-electron chi connectivity index (χ0n) is 20.6. The molecule has 0 fully saturated rings. The Kier molecular flexibility index (Phi) is 15.9. The SMILES string of the molecule is CCCCCCCCC[C@@H](/C=C/[C@H](CCCCC)O[Si](C)(C)C)O[Si](C)(C)C. The molecule has 4 heteroatoms. The molecule has 0 spiro atoms. The maximum atomic E-state index is 6.50. The fourth-order valence-corrected chi connectivity index (χ4v) is 5.65. The van der Waals surface area contributed by atoms with Crippen molar-refractivity contribution in [2.75, 3.05) is 0 Å². The van der Waals surface area contributed by atoms with Crippen LogP contribution in [0.25, 0.3) is 0 Å². The molecule has 0 aromatic rings. The van der Waals surface area contributed by atoms with Gasteiger partial charge in [-0.05, 0) is 52.1 Å². The summed E-state index contributed by atoms with van der Waals surface area (Å²) in [6, 6.07) is 0. The Morgan fingerprint density at radius 1 is 0.536 bits per heavy atom. The van der Waals surface area contributed by atoms with Crippen LogP contribution in [-0.4, -0.2) is 28.8 Å². The summed E-state index contributed by atoms with van der Waals surface area (Å²) in [6.07, 6.45) is 20.8. The molecule has 0 radical (unpaired) electrons. The molecular formula is C24H52O2Si2. The van der Waals surface area contributed by atoms with Crippen molar-refractivity contribution in [2.45, 2.75) is 142 Å². The first-order valence-corrected chi connectivity index (χ1v) is 18.9. The lowest BCUT2D eigenvalue weighted by molar-refractivity contribution is 0.210. The first-order chi connectivity index (χ1) is 13.1. The molecular weight excluding hydrogens is 376 g/mol. The maximum Gasteiger partial charge on any atom is 0.184 e. The van der Waals surface area contributed by atoms with Crippen LogP contribution >= 0.6 is 0 Å². The molecule has 0 aliphatic heterocycles. The molecule has 0 unspecified atom stereocenters. The van der Waals surface area contributed by atoms with Crippen molar-refractivity contribution in [3.63, 3.8) is 0 Å². The predicted octanol–water partition coefficient (Wildman–Crippen LogP) is 8.70. The van der Waals surface area contributed by atoms with Gasteiger partial charge in [0.05, 0.1) is 12.2 Å². The Morgan fingerprint density at radius 3 is 1.25 bits per heavy atom. The van der Waals surface area contributed by atoms with Crippen molar-refractivity contribution in [2.24, 2.45) is 0 Å². The van der Waals surface area contributed by atoms with E-state index in [1.807, 2.05) is 0 Å². The van der Waals surface area contributed by atoms with Crippen molar-refractivity contribution in [3.8, 4) is 0 Å². The lowest BCUT2D eigenvalue weighted by atomic mass is 10.1. The quantitative estimate of drug-likeness (QED) is 0.123. The lowest BCUT2D eigenvalue weighted by Gasteiger charge is -2.27. The van der Waals surface area contributed by atoms with E-state index in [-0.39, 0.29) is 12.2 Å². The van der Waals surface area contributed by atoms with Gasteiger partial charge < -0.3 is 8.85 Å². The maximum absolute atomic E-state index is 6.50. The predicted molar refractivity (Wildman–Crippen MR) is 132 cm³/mol. The molecule has 168 valence electrons. The van der Waals surface area contributed by atoms with Crippen molar-refractivity contribution in [1.29, 1.82) is 0 Å². The lowest BCUT2D eigenvalue weighted by Crippen LogP contribution is -2.33. The van der Waals surface area contributed by atoms with Crippen molar-refractivity contribution >= 4 is 16.6 Å². The molecule has 2 atom stereocenters. The van der Waals surface area contributed by atoms with Gasteiger partial charge in [0.2, 0.25) is 0 Å². The molecule has 0 rings (SSSR count). The van der Waals surface area contributed by atoms with Crippen LogP contribution < -0.4 is 0 Å². The van der Waals surface area contributed by atoms with E-state index in [1.54, 1.807) is 0 Å². The summed E-state index contributed by atoms with van der Waals surface area (Å²) in [6.45, 7) is 18.3. The third kappa shape index (κ3) is 19.4. The molecule has 0 saturated heterocycles. The Balaban J connectivity index is 4.67. The molecule has 2 nitrogen and oxygen atoms in total. The Bertz CT molecular complexity index is 383. The van der Waals surface area contributed by atoms with Gasteiger partial charge in [-0.25, -0.2) is 0 Å². The molecule has 0 N–H and O–H groups in total. The third-order valence-electron chi connectivity index (χ3n) is 4.73. The van der Waals surface area contributed by atoms with Gasteiger partial charge in [-0.3, -0.25) is 0 Å². The summed E-state index contributed by atoms with van der Waals surface area (Å²) in [7, 11) is -3.07. The average molecular weight is 429 g/mol. The molecule has 28 heavy (non-hydrogen) atoms. The van der Waals surface area contributed by atoms with Crippen LogP contribution in [0.15, 0.2) is 12.2 Å². The number of rotatable bonds is 18. The monoisotopic (exact) mass is 428 g/mol. The summed E-state index contributed by atoms with van der Waals surface area (Å²) in [5.41, 5.74) is 0. The molecule has 0 aliphatic rings. The van der Waals surface area contributed by atoms with Crippen LogP contribution in [0.1, 0.15) is 90.9 Å². The van der Waals surface area contributed by atoms with Crippen molar-refractivity contribution in [3.05, 3.63) is 12.2 Å². The second-order valence-electron chi connectivity index (χ2n) is 10.3. The highest BCUT2D eigenvalue weighted by Crippen LogP contribution is 2.19. The number of unbranched alkanes of at least 4 members (excludes halogenated alkanes) is 8. The number of hydrogen-bond acceptors (Lipinski definition) is 2. The van der Waals surface area contributed by atoms with Gasteiger partial charge in [0.15, 0.2) is 16.6 Å². The Morgan fingerprint density at radius 2 is 0.857 bits per heavy atom. The molecule has 0 amide bonds. The topological polar surface area (TPSA) is 18.5 Å². The first-order valence-electron chi connectivity index (χ1n) is 12.1. The summed E-state index contributed by atoms with van der Waals surface area (Å²) in [5, 5.41) is 0. The molecule has 0 aromatic carbocycles. The van der Waals surface area contributed by atoms with Gasteiger partial charge in [0.1, 0.15) is 0 Å². The summed E-state index contributed by atoms with van der Waals surface area (Å²) in [4.78, 5) is 0. The molecule has 0 aromatic heterocycles. The molecule has 0 saturated carbocycles. The second-order valence-corrected chi connectivity index (χ2v) is 19.2. The fraction of sp³-hybridized carbons (Fsp3) is 0.917. The Hall–Kier alpha value is 0.0938. The molecule has 0 heterocycles. The van der Waals surface area contributed by atoms with Crippen molar-refractivity contribution < 1.29 is 8.85 Å². The number of hydrogen-bond donors (Lipinski definition) is 0. The third-order valence-corrected chi connectivity index (χ3v) is 6.75. The minimum Gasteiger partial charge on any atom is -0.411 e. The normalized spacial score (nSPS) is 15.3.